The number of hydrogen-bond donors (Lipinski definition) is 1. The highest BCUT2D eigenvalue weighted by Gasteiger charge is 2.12. The van der Waals surface area contributed by atoms with Crippen molar-refractivity contribution in [1.82, 2.24) is 14.8 Å². The summed E-state index contributed by atoms with van der Waals surface area (Å²) in [5.41, 5.74) is 7.74. The van der Waals surface area contributed by atoms with Gasteiger partial charge in [0.1, 0.15) is 11.3 Å². The minimum atomic E-state index is 0.368. The van der Waals surface area contributed by atoms with E-state index in [1.807, 2.05) is 0 Å². The van der Waals surface area contributed by atoms with E-state index in [0.717, 1.165) is 22.6 Å². The summed E-state index contributed by atoms with van der Waals surface area (Å²) >= 11 is 5.98. The maximum atomic E-state index is 10.9. The number of aldehydes is 1. The number of nitrogen functional groups attached to an aromatic ring is 1. The lowest BCUT2D eigenvalue weighted by molar-refractivity contribution is 0.112. The first-order valence-electron chi connectivity index (χ1n) is 5.27. The third-order valence-corrected chi connectivity index (χ3v) is 3.28. The number of fused-ring (bicyclic) bond motifs is 3. The molecule has 1 aromatic carbocycles. The molecule has 2 N–H and O–H groups in total. The fourth-order valence-corrected chi connectivity index (χ4v) is 2.30. The Labute approximate surface area is 107 Å². The van der Waals surface area contributed by atoms with E-state index in [1.54, 1.807) is 30.1 Å². The van der Waals surface area contributed by atoms with Crippen LogP contribution in [0.2, 0.25) is 5.02 Å². The summed E-state index contributed by atoms with van der Waals surface area (Å²) in [5, 5.41) is 6.21. The highest BCUT2D eigenvalue weighted by molar-refractivity contribution is 6.34. The first-order valence-corrected chi connectivity index (χ1v) is 5.65. The number of benzene rings is 1. The van der Waals surface area contributed by atoms with E-state index < -0.39 is 0 Å². The van der Waals surface area contributed by atoms with Crippen LogP contribution < -0.4 is 5.73 Å². The molecule has 0 spiro atoms. The average Bonchev–Trinajstić information content (AvgIpc) is 2.72. The molecule has 0 aliphatic heterocycles. The number of aromatic nitrogens is 3. The van der Waals surface area contributed by atoms with Crippen LogP contribution in [0.5, 0.6) is 0 Å². The summed E-state index contributed by atoms with van der Waals surface area (Å²) in [4.78, 5) is 15.2. The minimum absolute atomic E-state index is 0.368. The maximum Gasteiger partial charge on any atom is 0.151 e. The molecule has 0 atom stereocenters. The molecule has 2 aromatic heterocycles. The second kappa shape index (κ2) is 3.68. The number of hydrogen-bond acceptors (Lipinski definition) is 4. The minimum Gasteiger partial charge on any atom is -0.382 e. The molecule has 0 bridgehead atoms. The Bertz CT molecular complexity index is 794. The van der Waals surface area contributed by atoms with E-state index in [9.17, 15) is 4.79 Å². The van der Waals surface area contributed by atoms with Gasteiger partial charge in [0.2, 0.25) is 0 Å². The van der Waals surface area contributed by atoms with Crippen LogP contribution in [0.15, 0.2) is 18.3 Å². The van der Waals surface area contributed by atoms with Gasteiger partial charge in [0.05, 0.1) is 16.7 Å². The number of carbonyl (C=O) groups excluding carboxylic acids is 1. The average molecular weight is 261 g/mol. The van der Waals surface area contributed by atoms with Gasteiger partial charge in [-0.2, -0.15) is 5.10 Å². The van der Waals surface area contributed by atoms with Crippen molar-refractivity contribution in [2.45, 2.75) is 0 Å². The lowest BCUT2D eigenvalue weighted by Crippen LogP contribution is -1.98. The number of rotatable bonds is 1. The van der Waals surface area contributed by atoms with Crippen molar-refractivity contribution in [3.63, 3.8) is 0 Å². The van der Waals surface area contributed by atoms with Crippen LogP contribution in [0.4, 0.5) is 5.82 Å². The highest BCUT2D eigenvalue weighted by Crippen LogP contribution is 2.30. The topological polar surface area (TPSA) is 73.8 Å². The van der Waals surface area contributed by atoms with Crippen LogP contribution in [0.3, 0.4) is 0 Å². The first kappa shape index (κ1) is 11.0. The molecule has 18 heavy (non-hydrogen) atoms. The number of pyridine rings is 1. The number of anilines is 1. The second-order valence-electron chi connectivity index (χ2n) is 4.04. The Morgan fingerprint density at radius 3 is 2.89 bits per heavy atom. The molecule has 0 aliphatic rings. The number of halogens is 1. The zero-order chi connectivity index (χ0) is 12.9. The van der Waals surface area contributed by atoms with Gasteiger partial charge in [0, 0.05) is 23.4 Å². The summed E-state index contributed by atoms with van der Waals surface area (Å²) in [6.07, 6.45) is 2.43. The Morgan fingerprint density at radius 1 is 1.39 bits per heavy atom. The van der Waals surface area contributed by atoms with E-state index in [4.69, 9.17) is 17.3 Å². The lowest BCUT2D eigenvalue weighted by atomic mass is 10.1. The van der Waals surface area contributed by atoms with Crippen molar-refractivity contribution in [3.05, 3.63) is 28.9 Å². The van der Waals surface area contributed by atoms with Crippen LogP contribution in [0, 0.1) is 0 Å². The summed E-state index contributed by atoms with van der Waals surface area (Å²) in [5.74, 6) is 0.396. The van der Waals surface area contributed by atoms with E-state index in [1.165, 1.54) is 0 Å². The molecule has 90 valence electrons. The summed E-state index contributed by atoms with van der Waals surface area (Å²) < 4.78 is 1.66. The van der Waals surface area contributed by atoms with Crippen LogP contribution in [-0.4, -0.2) is 21.1 Å². The van der Waals surface area contributed by atoms with E-state index >= 15 is 0 Å². The number of nitrogens with two attached hydrogens (primary N) is 1. The van der Waals surface area contributed by atoms with Gasteiger partial charge in [-0.05, 0) is 12.1 Å². The second-order valence-corrected chi connectivity index (χ2v) is 4.44. The molecule has 2 heterocycles. The first-order chi connectivity index (χ1) is 8.61. The van der Waals surface area contributed by atoms with Gasteiger partial charge in [0.25, 0.3) is 0 Å². The predicted octanol–water partition coefficient (Wildman–Crippen LogP) is 2.17. The molecule has 3 rings (SSSR count). The van der Waals surface area contributed by atoms with Crippen molar-refractivity contribution >= 4 is 45.5 Å². The van der Waals surface area contributed by atoms with Gasteiger partial charge < -0.3 is 5.73 Å². The summed E-state index contributed by atoms with van der Waals surface area (Å²) in [7, 11) is 1.79. The standard InChI is InChI=1S/C12H9ClN4O/c1-17-11-8(4-15-17)7-2-6(5-18)9(13)3-10(7)16-12(11)14/h2-5H,1H3,(H2,14,16). The molecule has 6 heteroatoms. The molecular formula is C12H9ClN4O. The van der Waals surface area contributed by atoms with Crippen LogP contribution in [-0.2, 0) is 7.05 Å². The quantitative estimate of drug-likeness (QED) is 0.681. The fourth-order valence-electron chi connectivity index (χ4n) is 2.10. The fraction of sp³-hybridized carbons (Fsp3) is 0.0833. The number of aryl methyl sites for hydroxylation is 1. The highest BCUT2D eigenvalue weighted by atomic mass is 35.5. The van der Waals surface area contributed by atoms with Crippen LogP contribution in [0.1, 0.15) is 10.4 Å². The lowest BCUT2D eigenvalue weighted by Gasteiger charge is -2.05. The predicted molar refractivity (Wildman–Crippen MR) is 70.8 cm³/mol. The normalized spacial score (nSPS) is 11.2. The summed E-state index contributed by atoms with van der Waals surface area (Å²) in [6, 6.07) is 3.35. The zero-order valence-corrected chi connectivity index (χ0v) is 10.3. The van der Waals surface area contributed by atoms with Gasteiger partial charge in [-0.1, -0.05) is 11.6 Å². The summed E-state index contributed by atoms with van der Waals surface area (Å²) in [6.45, 7) is 0. The third kappa shape index (κ3) is 1.37. The van der Waals surface area contributed by atoms with Crippen LogP contribution >= 0.6 is 11.6 Å². The molecule has 0 saturated heterocycles. The molecule has 0 radical (unpaired) electrons. The van der Waals surface area contributed by atoms with Crippen molar-refractivity contribution in [1.29, 1.82) is 0 Å². The monoisotopic (exact) mass is 260 g/mol. The van der Waals surface area contributed by atoms with E-state index in [-0.39, 0.29) is 0 Å². The van der Waals surface area contributed by atoms with E-state index in [2.05, 4.69) is 10.1 Å². The Kier molecular flexibility index (Phi) is 2.24. The molecule has 5 nitrogen and oxygen atoms in total. The molecule has 0 fully saturated rings. The Balaban J connectivity index is 2.56. The van der Waals surface area contributed by atoms with Crippen LogP contribution in [0.25, 0.3) is 21.8 Å². The van der Waals surface area contributed by atoms with Crippen molar-refractivity contribution in [2.24, 2.45) is 7.05 Å². The Hall–Kier alpha value is -2.14. The van der Waals surface area contributed by atoms with Crippen molar-refractivity contribution in [2.75, 3.05) is 5.73 Å². The largest absolute Gasteiger partial charge is 0.382 e. The molecule has 0 aliphatic carbocycles. The van der Waals surface area contributed by atoms with Crippen molar-refractivity contribution in [3.8, 4) is 0 Å². The SMILES string of the molecule is Cn1ncc2c3cc(C=O)c(Cl)cc3nc(N)c21. The molecule has 0 unspecified atom stereocenters. The third-order valence-electron chi connectivity index (χ3n) is 2.95. The smallest absolute Gasteiger partial charge is 0.151 e. The van der Waals surface area contributed by atoms with Gasteiger partial charge in [0.15, 0.2) is 6.29 Å². The number of carbonyl (C=O) groups is 1. The Morgan fingerprint density at radius 2 is 2.17 bits per heavy atom. The number of nitrogens with zero attached hydrogens (tertiary/aromatic N) is 3. The molecule has 3 aromatic rings. The molecule has 0 saturated carbocycles. The molecule has 0 amide bonds. The van der Waals surface area contributed by atoms with Gasteiger partial charge in [-0.15, -0.1) is 0 Å². The van der Waals surface area contributed by atoms with Crippen molar-refractivity contribution < 1.29 is 4.79 Å². The maximum absolute atomic E-state index is 10.9. The van der Waals surface area contributed by atoms with E-state index in [0.29, 0.717) is 21.9 Å². The van der Waals surface area contributed by atoms with Gasteiger partial charge in [-0.3, -0.25) is 9.48 Å². The molecular weight excluding hydrogens is 252 g/mol. The van der Waals surface area contributed by atoms with Gasteiger partial charge in [-0.25, -0.2) is 4.98 Å². The zero-order valence-electron chi connectivity index (χ0n) is 9.51. The van der Waals surface area contributed by atoms with Gasteiger partial charge >= 0.3 is 0 Å².